The Hall–Kier alpha value is -4.18. The summed E-state index contributed by atoms with van der Waals surface area (Å²) in [7, 11) is 1.85. The highest BCUT2D eigenvalue weighted by atomic mass is 16.5. The Bertz CT molecular complexity index is 1370. The fourth-order valence-corrected chi connectivity index (χ4v) is 4.08. The fourth-order valence-electron chi connectivity index (χ4n) is 4.08. The minimum absolute atomic E-state index is 0.303. The van der Waals surface area contributed by atoms with Crippen LogP contribution >= 0.6 is 0 Å². The summed E-state index contributed by atoms with van der Waals surface area (Å²) in [6.45, 7) is 2.38. The monoisotopic (exact) mass is 408 g/mol. The van der Waals surface area contributed by atoms with Crippen LogP contribution in [0.1, 0.15) is 28.1 Å². The van der Waals surface area contributed by atoms with Crippen molar-refractivity contribution in [3.8, 4) is 34.2 Å². The number of hydrogen-bond donors (Lipinski definition) is 1. The van der Waals surface area contributed by atoms with Crippen LogP contribution in [0, 0.1) is 18.3 Å². The van der Waals surface area contributed by atoms with Crippen molar-refractivity contribution in [2.75, 3.05) is 5.73 Å². The molecule has 0 aliphatic carbocycles. The molecule has 3 aromatic heterocycles. The third-order valence-corrected chi connectivity index (χ3v) is 5.59. The van der Waals surface area contributed by atoms with E-state index in [0.717, 1.165) is 44.8 Å². The zero-order chi connectivity index (χ0) is 21.5. The van der Waals surface area contributed by atoms with Crippen LogP contribution in [0.3, 0.4) is 0 Å². The number of pyridine rings is 2. The van der Waals surface area contributed by atoms with Crippen LogP contribution in [0.5, 0.6) is 5.75 Å². The summed E-state index contributed by atoms with van der Waals surface area (Å²) in [6, 6.07) is 14.3. The average Bonchev–Trinajstić information content (AvgIpc) is 3.08. The van der Waals surface area contributed by atoms with Gasteiger partial charge in [-0.15, -0.1) is 0 Å². The van der Waals surface area contributed by atoms with Gasteiger partial charge in [0.1, 0.15) is 12.7 Å². The maximum Gasteiger partial charge on any atom is 0.170 e. The van der Waals surface area contributed by atoms with Gasteiger partial charge in [0, 0.05) is 42.6 Å². The van der Waals surface area contributed by atoms with Gasteiger partial charge < -0.3 is 10.5 Å². The summed E-state index contributed by atoms with van der Waals surface area (Å²) in [5.41, 5.74) is 13.9. The quantitative estimate of drug-likeness (QED) is 0.475. The number of nitriles is 1. The first kappa shape index (κ1) is 18.8. The average molecular weight is 408 g/mol. The summed E-state index contributed by atoms with van der Waals surface area (Å²) in [4.78, 5) is 9.03. The summed E-state index contributed by atoms with van der Waals surface area (Å²) >= 11 is 0. The molecule has 0 saturated carbocycles. The van der Waals surface area contributed by atoms with Crippen LogP contribution in [-0.2, 0) is 20.1 Å². The molecule has 0 amide bonds. The minimum Gasteiger partial charge on any atom is -0.485 e. The SMILES string of the molecule is Cc1ccc2c(c1)COc1cc(cnc1N)-c1c(C#N)nn(C)c1Cc1cccnc1-2. The van der Waals surface area contributed by atoms with Gasteiger partial charge >= 0.3 is 0 Å². The largest absolute Gasteiger partial charge is 0.485 e. The molecule has 7 nitrogen and oxygen atoms in total. The molecule has 0 spiro atoms. The van der Waals surface area contributed by atoms with Crippen molar-refractivity contribution >= 4 is 5.82 Å². The highest BCUT2D eigenvalue weighted by molar-refractivity contribution is 5.75. The standard InChI is InChI=1S/C24H20N6O/c1-14-5-6-18-17(8-14)13-31-21-10-16(12-28-24(21)26)22-19(11-25)29-30(2)20(22)9-15-4-3-7-27-23(15)18/h3-8,10,12H,9,13H2,1-2H3,(H2,26,28). The lowest BCUT2D eigenvalue weighted by Gasteiger charge is -2.17. The Morgan fingerprint density at radius 3 is 2.87 bits per heavy atom. The molecule has 1 aliphatic rings. The molecule has 0 radical (unpaired) electrons. The molecule has 5 rings (SSSR count). The van der Waals surface area contributed by atoms with Gasteiger partial charge in [0.2, 0.25) is 0 Å². The second-order valence-corrected chi connectivity index (χ2v) is 7.65. The number of ether oxygens (including phenoxy) is 1. The smallest absolute Gasteiger partial charge is 0.170 e. The number of aryl methyl sites for hydroxylation is 2. The first-order valence-corrected chi connectivity index (χ1v) is 9.93. The van der Waals surface area contributed by atoms with Gasteiger partial charge in [-0.1, -0.05) is 29.8 Å². The van der Waals surface area contributed by atoms with Gasteiger partial charge in [0.15, 0.2) is 17.3 Å². The summed E-state index contributed by atoms with van der Waals surface area (Å²) in [5.74, 6) is 0.781. The third-order valence-electron chi connectivity index (χ3n) is 5.59. The van der Waals surface area contributed by atoms with Gasteiger partial charge in [-0.3, -0.25) is 9.67 Å². The molecule has 0 fully saturated rings. The molecule has 1 aliphatic heterocycles. The molecule has 7 heteroatoms. The predicted molar refractivity (Wildman–Crippen MR) is 117 cm³/mol. The fraction of sp³-hybridized carbons (Fsp3) is 0.167. The molecule has 0 atom stereocenters. The second-order valence-electron chi connectivity index (χ2n) is 7.65. The molecule has 0 saturated heterocycles. The van der Waals surface area contributed by atoms with Crippen LogP contribution in [0.25, 0.3) is 22.4 Å². The highest BCUT2D eigenvalue weighted by Crippen LogP contribution is 2.36. The van der Waals surface area contributed by atoms with Crippen molar-refractivity contribution in [3.05, 3.63) is 76.9 Å². The molecular weight excluding hydrogens is 388 g/mol. The van der Waals surface area contributed by atoms with E-state index in [1.165, 1.54) is 0 Å². The van der Waals surface area contributed by atoms with Gasteiger partial charge in [-0.2, -0.15) is 10.4 Å². The molecule has 0 unspecified atom stereocenters. The van der Waals surface area contributed by atoms with Crippen LogP contribution in [-0.4, -0.2) is 19.7 Å². The Kier molecular flexibility index (Phi) is 4.41. The number of benzene rings is 1. The predicted octanol–water partition coefficient (Wildman–Crippen LogP) is 3.79. The van der Waals surface area contributed by atoms with Crippen LogP contribution < -0.4 is 10.5 Å². The number of anilines is 1. The molecule has 2 N–H and O–H groups in total. The van der Waals surface area contributed by atoms with Crippen LogP contribution in [0.4, 0.5) is 5.82 Å². The first-order chi connectivity index (χ1) is 15.0. The van der Waals surface area contributed by atoms with Crippen molar-refractivity contribution < 1.29 is 4.74 Å². The van der Waals surface area contributed by atoms with E-state index in [9.17, 15) is 5.26 Å². The number of nitrogen functional groups attached to an aromatic ring is 1. The number of hydrogen-bond acceptors (Lipinski definition) is 6. The molecule has 2 bridgehead atoms. The number of nitrogens with two attached hydrogens (primary N) is 1. The summed E-state index contributed by atoms with van der Waals surface area (Å²) < 4.78 is 7.87. The second kappa shape index (κ2) is 7.26. The van der Waals surface area contributed by atoms with Crippen molar-refractivity contribution in [1.82, 2.24) is 19.7 Å². The lowest BCUT2D eigenvalue weighted by molar-refractivity contribution is 0.307. The van der Waals surface area contributed by atoms with E-state index in [1.807, 2.05) is 19.2 Å². The van der Waals surface area contributed by atoms with Gasteiger partial charge in [-0.25, -0.2) is 4.98 Å². The van der Waals surface area contributed by atoms with Crippen molar-refractivity contribution in [2.24, 2.45) is 7.05 Å². The Balaban J connectivity index is 1.82. The lowest BCUT2D eigenvalue weighted by Crippen LogP contribution is -2.07. The molecule has 4 heterocycles. The van der Waals surface area contributed by atoms with E-state index >= 15 is 0 Å². The maximum atomic E-state index is 9.72. The van der Waals surface area contributed by atoms with Crippen molar-refractivity contribution in [3.63, 3.8) is 0 Å². The number of fused-ring (bicyclic) bond motifs is 7. The van der Waals surface area contributed by atoms with Gasteiger partial charge in [0.05, 0.1) is 11.4 Å². The summed E-state index contributed by atoms with van der Waals surface area (Å²) in [5, 5.41) is 14.2. The van der Waals surface area contributed by atoms with E-state index in [0.29, 0.717) is 30.3 Å². The van der Waals surface area contributed by atoms with E-state index in [2.05, 4.69) is 47.3 Å². The van der Waals surface area contributed by atoms with E-state index < -0.39 is 0 Å². The molecule has 31 heavy (non-hydrogen) atoms. The van der Waals surface area contributed by atoms with Crippen LogP contribution in [0.15, 0.2) is 48.8 Å². The summed E-state index contributed by atoms with van der Waals surface area (Å²) in [6.07, 6.45) is 4.03. The Labute approximate surface area is 179 Å². The molecule has 4 aromatic rings. The molecule has 152 valence electrons. The van der Waals surface area contributed by atoms with Gasteiger partial charge in [-0.05, 0) is 30.2 Å². The topological polar surface area (TPSA) is 103 Å². The molecule has 1 aromatic carbocycles. The first-order valence-electron chi connectivity index (χ1n) is 9.93. The lowest BCUT2D eigenvalue weighted by atomic mass is 9.94. The zero-order valence-electron chi connectivity index (χ0n) is 17.3. The normalized spacial score (nSPS) is 12.3. The van der Waals surface area contributed by atoms with Gasteiger partial charge in [0.25, 0.3) is 0 Å². The van der Waals surface area contributed by atoms with Crippen LogP contribution in [0.2, 0.25) is 0 Å². The van der Waals surface area contributed by atoms with E-state index in [1.54, 1.807) is 17.1 Å². The number of aromatic nitrogens is 4. The highest BCUT2D eigenvalue weighted by Gasteiger charge is 2.23. The minimum atomic E-state index is 0.303. The Morgan fingerprint density at radius 2 is 2.03 bits per heavy atom. The van der Waals surface area contributed by atoms with E-state index in [4.69, 9.17) is 15.5 Å². The van der Waals surface area contributed by atoms with Crippen molar-refractivity contribution in [2.45, 2.75) is 20.0 Å². The van der Waals surface area contributed by atoms with Crippen molar-refractivity contribution in [1.29, 1.82) is 5.26 Å². The van der Waals surface area contributed by atoms with E-state index in [-0.39, 0.29) is 0 Å². The third kappa shape index (κ3) is 3.19. The molecular formula is C24H20N6O. The Morgan fingerprint density at radius 1 is 1.16 bits per heavy atom. The zero-order valence-corrected chi connectivity index (χ0v) is 17.3. The number of nitrogens with zero attached hydrogens (tertiary/aromatic N) is 5. The maximum absolute atomic E-state index is 9.72. The number of rotatable bonds is 0.